The van der Waals surface area contributed by atoms with Gasteiger partial charge in [-0.05, 0) is 38.1 Å². The van der Waals surface area contributed by atoms with E-state index in [4.69, 9.17) is 4.74 Å². The molecule has 3 aromatic heterocycles. The lowest BCUT2D eigenvalue weighted by Gasteiger charge is -2.28. The Morgan fingerprint density at radius 3 is 2.54 bits per heavy atom. The largest absolute Gasteiger partial charge is 0.460 e. The normalized spacial score (nSPS) is 12.6. The van der Waals surface area contributed by atoms with Crippen molar-refractivity contribution in [1.82, 2.24) is 14.4 Å². The number of nitrogens with zero attached hydrogens (tertiary/aromatic N) is 3. The molecule has 3 rings (SSSR count). The predicted molar refractivity (Wildman–Crippen MR) is 79.1 cm³/mol. The molecule has 0 fully saturated rings. The van der Waals surface area contributed by atoms with Gasteiger partial charge in [0.1, 0.15) is 0 Å². The number of pyridine rings is 1. The molecule has 0 unspecified atom stereocenters. The summed E-state index contributed by atoms with van der Waals surface area (Å²) >= 11 is 0. The van der Waals surface area contributed by atoms with Crippen molar-refractivity contribution in [3.05, 3.63) is 48.8 Å². The summed E-state index contributed by atoms with van der Waals surface area (Å²) in [5, 5.41) is 0. The van der Waals surface area contributed by atoms with E-state index in [0.29, 0.717) is 11.3 Å². The second kappa shape index (κ2) is 5.47. The lowest BCUT2D eigenvalue weighted by atomic mass is 10.1. The standard InChI is InChI=1S/C16H13F4N3O/c1-15(2,16(18,19)20)24-14-12(17)6-10(8-21-14)13-7-11-4-3-5-23(11)9-22-13/h3-9H,1-2H3. The Labute approximate surface area is 134 Å². The van der Waals surface area contributed by atoms with E-state index in [0.717, 1.165) is 25.4 Å². The molecule has 0 aliphatic rings. The third kappa shape index (κ3) is 2.91. The molecule has 0 radical (unpaired) electrons. The fourth-order valence-corrected chi connectivity index (χ4v) is 2.03. The molecule has 0 spiro atoms. The van der Waals surface area contributed by atoms with E-state index in [-0.39, 0.29) is 0 Å². The van der Waals surface area contributed by atoms with Crippen LogP contribution in [-0.4, -0.2) is 26.1 Å². The van der Waals surface area contributed by atoms with E-state index in [1.807, 2.05) is 12.1 Å². The molecule has 0 aromatic carbocycles. The van der Waals surface area contributed by atoms with Crippen LogP contribution in [0.15, 0.2) is 43.0 Å². The molecule has 0 saturated carbocycles. The maximum Gasteiger partial charge on any atom is 0.427 e. The van der Waals surface area contributed by atoms with Crippen LogP contribution in [0.25, 0.3) is 16.8 Å². The van der Waals surface area contributed by atoms with Gasteiger partial charge in [0.05, 0.1) is 12.0 Å². The Balaban J connectivity index is 1.92. The fourth-order valence-electron chi connectivity index (χ4n) is 2.03. The second-order valence-electron chi connectivity index (χ2n) is 5.74. The van der Waals surface area contributed by atoms with Crippen molar-refractivity contribution in [3.63, 3.8) is 0 Å². The molecule has 0 atom stereocenters. The predicted octanol–water partition coefficient (Wildman–Crippen LogP) is 4.26. The van der Waals surface area contributed by atoms with Crippen LogP contribution in [0.2, 0.25) is 0 Å². The van der Waals surface area contributed by atoms with Gasteiger partial charge in [0.15, 0.2) is 11.4 Å². The van der Waals surface area contributed by atoms with E-state index in [1.165, 1.54) is 6.20 Å². The summed E-state index contributed by atoms with van der Waals surface area (Å²) in [7, 11) is 0. The summed E-state index contributed by atoms with van der Waals surface area (Å²) in [6.45, 7) is 1.62. The van der Waals surface area contributed by atoms with Gasteiger partial charge < -0.3 is 9.14 Å². The first-order valence-corrected chi connectivity index (χ1v) is 7.02. The van der Waals surface area contributed by atoms with Gasteiger partial charge >= 0.3 is 6.18 Å². The van der Waals surface area contributed by atoms with Crippen molar-refractivity contribution in [3.8, 4) is 17.1 Å². The average Bonchev–Trinajstić information content (AvgIpc) is 2.95. The van der Waals surface area contributed by atoms with Crippen LogP contribution >= 0.6 is 0 Å². The number of halogens is 4. The highest BCUT2D eigenvalue weighted by molar-refractivity contribution is 5.64. The molecule has 0 aliphatic heterocycles. The molecule has 3 heterocycles. The van der Waals surface area contributed by atoms with Gasteiger partial charge in [0, 0.05) is 23.5 Å². The van der Waals surface area contributed by atoms with Gasteiger partial charge in [-0.15, -0.1) is 0 Å². The highest BCUT2D eigenvalue weighted by Gasteiger charge is 2.50. The number of ether oxygens (including phenoxy) is 1. The first-order chi connectivity index (χ1) is 11.2. The first-order valence-electron chi connectivity index (χ1n) is 7.02. The average molecular weight is 339 g/mol. The zero-order chi connectivity index (χ0) is 17.5. The first kappa shape index (κ1) is 16.2. The fraction of sp³-hybridized carbons (Fsp3) is 0.250. The Hall–Kier alpha value is -2.64. The molecule has 0 N–H and O–H groups in total. The monoisotopic (exact) mass is 339 g/mol. The van der Waals surface area contributed by atoms with Gasteiger partial charge in [-0.1, -0.05) is 0 Å². The molecule has 0 saturated heterocycles. The molecule has 0 bridgehead atoms. The lowest BCUT2D eigenvalue weighted by Crippen LogP contribution is -2.45. The van der Waals surface area contributed by atoms with Gasteiger partial charge in [-0.2, -0.15) is 13.2 Å². The molecule has 8 heteroatoms. The molecule has 3 aromatic rings. The van der Waals surface area contributed by atoms with Crippen LogP contribution in [0.5, 0.6) is 5.88 Å². The van der Waals surface area contributed by atoms with Gasteiger partial charge in [0.2, 0.25) is 0 Å². The maximum atomic E-state index is 14.1. The van der Waals surface area contributed by atoms with E-state index in [9.17, 15) is 17.6 Å². The summed E-state index contributed by atoms with van der Waals surface area (Å²) in [6, 6.07) is 6.45. The number of alkyl halides is 3. The number of aromatic nitrogens is 3. The molecule has 0 aliphatic carbocycles. The molecule has 126 valence electrons. The molecular formula is C16H13F4N3O. The van der Waals surface area contributed by atoms with Crippen LogP contribution in [-0.2, 0) is 0 Å². The maximum absolute atomic E-state index is 14.1. The zero-order valence-corrected chi connectivity index (χ0v) is 12.8. The SMILES string of the molecule is CC(C)(Oc1ncc(-c2cc3cccn3cn2)cc1F)C(F)(F)F. The van der Waals surface area contributed by atoms with Crippen molar-refractivity contribution < 1.29 is 22.3 Å². The number of hydrogen-bond acceptors (Lipinski definition) is 3. The minimum Gasteiger partial charge on any atom is -0.460 e. The Morgan fingerprint density at radius 2 is 1.88 bits per heavy atom. The van der Waals surface area contributed by atoms with Crippen LogP contribution in [0.4, 0.5) is 17.6 Å². The third-order valence-corrected chi connectivity index (χ3v) is 3.56. The molecule has 24 heavy (non-hydrogen) atoms. The Bertz CT molecular complexity index is 886. The summed E-state index contributed by atoms with van der Waals surface area (Å²) < 4.78 is 59.1. The van der Waals surface area contributed by atoms with Crippen LogP contribution in [0.3, 0.4) is 0 Å². The Morgan fingerprint density at radius 1 is 1.12 bits per heavy atom. The number of hydrogen-bond donors (Lipinski definition) is 0. The van der Waals surface area contributed by atoms with Crippen molar-refractivity contribution >= 4 is 5.52 Å². The van der Waals surface area contributed by atoms with Gasteiger partial charge in [-0.25, -0.2) is 14.4 Å². The van der Waals surface area contributed by atoms with Crippen LogP contribution in [0, 0.1) is 5.82 Å². The second-order valence-corrected chi connectivity index (χ2v) is 5.74. The highest BCUT2D eigenvalue weighted by atomic mass is 19.4. The quantitative estimate of drug-likeness (QED) is 0.670. The molecule has 0 amide bonds. The summed E-state index contributed by atoms with van der Waals surface area (Å²) in [4.78, 5) is 7.85. The Kier molecular flexibility index (Phi) is 3.70. The van der Waals surface area contributed by atoms with E-state index < -0.39 is 23.5 Å². The highest BCUT2D eigenvalue weighted by Crippen LogP contribution is 2.34. The minimum absolute atomic E-state index is 0.341. The van der Waals surface area contributed by atoms with Crippen molar-refractivity contribution in [2.75, 3.05) is 0 Å². The van der Waals surface area contributed by atoms with E-state index in [2.05, 4.69) is 9.97 Å². The van der Waals surface area contributed by atoms with Gasteiger partial charge in [-0.3, -0.25) is 0 Å². The third-order valence-electron chi connectivity index (χ3n) is 3.56. The van der Waals surface area contributed by atoms with Crippen molar-refractivity contribution in [2.24, 2.45) is 0 Å². The van der Waals surface area contributed by atoms with Crippen molar-refractivity contribution in [1.29, 1.82) is 0 Å². The molecule has 4 nitrogen and oxygen atoms in total. The van der Waals surface area contributed by atoms with E-state index >= 15 is 0 Å². The van der Waals surface area contributed by atoms with E-state index in [1.54, 1.807) is 23.0 Å². The topological polar surface area (TPSA) is 39.4 Å². The number of fused-ring (bicyclic) bond motifs is 1. The minimum atomic E-state index is -4.65. The van der Waals surface area contributed by atoms with Gasteiger partial charge in [0.25, 0.3) is 5.88 Å². The van der Waals surface area contributed by atoms with Crippen LogP contribution in [0.1, 0.15) is 13.8 Å². The zero-order valence-electron chi connectivity index (χ0n) is 12.8. The summed E-state index contributed by atoms with van der Waals surface area (Å²) in [5.41, 5.74) is -0.910. The smallest absolute Gasteiger partial charge is 0.427 e. The van der Waals surface area contributed by atoms with Crippen LogP contribution < -0.4 is 4.74 Å². The lowest BCUT2D eigenvalue weighted by molar-refractivity contribution is -0.235. The number of rotatable bonds is 3. The summed E-state index contributed by atoms with van der Waals surface area (Å²) in [6.07, 6.45) is -0.0606. The summed E-state index contributed by atoms with van der Waals surface area (Å²) in [5.74, 6) is -1.69. The van der Waals surface area contributed by atoms with Crippen molar-refractivity contribution in [2.45, 2.75) is 25.6 Å². The molecular weight excluding hydrogens is 326 g/mol.